The van der Waals surface area contributed by atoms with Crippen LogP contribution in [0.5, 0.6) is 0 Å². The van der Waals surface area contributed by atoms with Crippen LogP contribution in [0.15, 0.2) is 0 Å². The third kappa shape index (κ3) is 1.80. The molecule has 2 rings (SSSR count). The molecule has 4 nitrogen and oxygen atoms in total. The lowest BCUT2D eigenvalue weighted by Gasteiger charge is -2.28. The molecular weight excluding hydrogens is 204 g/mol. The lowest BCUT2D eigenvalue weighted by molar-refractivity contribution is -0.129. The highest BCUT2D eigenvalue weighted by Gasteiger charge is 2.48. The summed E-state index contributed by atoms with van der Waals surface area (Å²) < 4.78 is 0. The van der Waals surface area contributed by atoms with E-state index >= 15 is 0 Å². The fourth-order valence-electron chi connectivity index (χ4n) is 3.30. The minimum atomic E-state index is -0.0790. The summed E-state index contributed by atoms with van der Waals surface area (Å²) in [5.74, 6) is 0.141. The summed E-state index contributed by atoms with van der Waals surface area (Å²) in [5, 5.41) is 17.9. The Bertz CT molecular complexity index is 315. The van der Waals surface area contributed by atoms with Crippen LogP contribution in [0.4, 0.5) is 0 Å². The Hall–Kier alpha value is -1.08. The molecule has 1 N–H and O–H groups in total. The van der Waals surface area contributed by atoms with Crippen LogP contribution < -0.4 is 0 Å². The largest absolute Gasteiger partial charge is 0.396 e. The van der Waals surface area contributed by atoms with Gasteiger partial charge in [-0.15, -0.1) is 0 Å². The summed E-state index contributed by atoms with van der Waals surface area (Å²) in [5.41, 5.74) is 0.153. The van der Waals surface area contributed by atoms with E-state index < -0.39 is 0 Å². The molecule has 4 heteroatoms. The third-order valence-electron chi connectivity index (χ3n) is 4.22. The quantitative estimate of drug-likeness (QED) is 0.755. The summed E-state index contributed by atoms with van der Waals surface area (Å²) in [7, 11) is 0. The molecule has 1 saturated carbocycles. The molecule has 0 bridgehead atoms. The van der Waals surface area contributed by atoms with E-state index in [2.05, 4.69) is 0 Å². The van der Waals surface area contributed by atoms with Crippen molar-refractivity contribution in [3.8, 4) is 6.07 Å². The second-order valence-electron chi connectivity index (χ2n) is 5.06. The Morgan fingerprint density at radius 2 is 2.19 bits per heavy atom. The van der Waals surface area contributed by atoms with Crippen LogP contribution in [0.1, 0.15) is 32.1 Å². The van der Waals surface area contributed by atoms with Gasteiger partial charge in [0, 0.05) is 25.6 Å². The standard InChI is InChI=1S/C12H18N2O2/c13-6-3-11(16)14-7-10(8-15)12(9-14)4-1-2-5-12/h10,15H,1-5,7-9H2. The third-order valence-corrected chi connectivity index (χ3v) is 4.22. The number of carbonyl (C=O) groups is 1. The number of carbonyl (C=O) groups excluding carboxylic acids is 1. The molecule has 1 spiro atoms. The van der Waals surface area contributed by atoms with Gasteiger partial charge in [-0.05, 0) is 18.3 Å². The number of aliphatic hydroxyl groups excluding tert-OH is 1. The molecule has 1 saturated heterocycles. The van der Waals surface area contributed by atoms with Gasteiger partial charge in [0.25, 0.3) is 0 Å². The number of rotatable bonds is 2. The van der Waals surface area contributed by atoms with Gasteiger partial charge in [-0.25, -0.2) is 0 Å². The monoisotopic (exact) mass is 222 g/mol. The van der Waals surface area contributed by atoms with E-state index in [1.165, 1.54) is 12.8 Å². The van der Waals surface area contributed by atoms with Gasteiger partial charge in [-0.3, -0.25) is 4.79 Å². The predicted molar refractivity (Wildman–Crippen MR) is 58.3 cm³/mol. The van der Waals surface area contributed by atoms with Gasteiger partial charge in [0.2, 0.25) is 5.91 Å². The van der Waals surface area contributed by atoms with Crippen LogP contribution in [0.2, 0.25) is 0 Å². The molecular formula is C12H18N2O2. The van der Waals surface area contributed by atoms with Crippen LogP contribution in [-0.2, 0) is 4.79 Å². The normalized spacial score (nSPS) is 27.2. The summed E-state index contributed by atoms with van der Waals surface area (Å²) in [6, 6.07) is 1.90. The number of hydrogen-bond donors (Lipinski definition) is 1. The maximum atomic E-state index is 11.7. The maximum Gasteiger partial charge on any atom is 0.236 e. The van der Waals surface area contributed by atoms with Gasteiger partial charge in [0.15, 0.2) is 0 Å². The molecule has 1 amide bonds. The Morgan fingerprint density at radius 3 is 2.75 bits per heavy atom. The molecule has 1 unspecified atom stereocenters. The number of nitrogens with zero attached hydrogens (tertiary/aromatic N) is 2. The van der Waals surface area contributed by atoms with E-state index in [-0.39, 0.29) is 30.3 Å². The van der Waals surface area contributed by atoms with Crippen LogP contribution in [-0.4, -0.2) is 35.6 Å². The van der Waals surface area contributed by atoms with Crippen molar-refractivity contribution in [3.63, 3.8) is 0 Å². The summed E-state index contributed by atoms with van der Waals surface area (Å²) >= 11 is 0. The Labute approximate surface area is 95.9 Å². The van der Waals surface area contributed by atoms with E-state index in [1.807, 2.05) is 6.07 Å². The zero-order valence-corrected chi connectivity index (χ0v) is 9.48. The van der Waals surface area contributed by atoms with E-state index in [0.29, 0.717) is 6.54 Å². The van der Waals surface area contributed by atoms with Gasteiger partial charge in [0.1, 0.15) is 6.42 Å². The van der Waals surface area contributed by atoms with Gasteiger partial charge < -0.3 is 10.0 Å². The fraction of sp³-hybridized carbons (Fsp3) is 0.833. The lowest BCUT2D eigenvalue weighted by Crippen LogP contribution is -2.31. The molecule has 1 heterocycles. The van der Waals surface area contributed by atoms with E-state index in [4.69, 9.17) is 5.26 Å². The summed E-state index contributed by atoms with van der Waals surface area (Å²) in [6.07, 6.45) is 4.62. The van der Waals surface area contributed by atoms with Crippen molar-refractivity contribution in [2.45, 2.75) is 32.1 Å². The number of aliphatic hydroxyl groups is 1. The zero-order valence-electron chi connectivity index (χ0n) is 9.48. The van der Waals surface area contributed by atoms with Gasteiger partial charge in [0.05, 0.1) is 6.07 Å². The molecule has 16 heavy (non-hydrogen) atoms. The highest BCUT2D eigenvalue weighted by atomic mass is 16.3. The molecule has 1 atom stereocenters. The molecule has 0 radical (unpaired) electrons. The average molecular weight is 222 g/mol. The van der Waals surface area contributed by atoms with E-state index in [1.54, 1.807) is 4.90 Å². The predicted octanol–water partition coefficient (Wildman–Crippen LogP) is 0.911. The SMILES string of the molecule is N#CCC(=O)N1CC(CO)C2(CCCC2)C1. The van der Waals surface area contributed by atoms with Crippen LogP contribution in [0.3, 0.4) is 0 Å². The maximum absolute atomic E-state index is 11.7. The highest BCUT2D eigenvalue weighted by Crippen LogP contribution is 2.48. The first kappa shape index (κ1) is 11.4. The minimum absolute atomic E-state index is 0.0335. The molecule has 1 aliphatic carbocycles. The molecule has 1 aliphatic heterocycles. The smallest absolute Gasteiger partial charge is 0.236 e. The first-order valence-electron chi connectivity index (χ1n) is 5.97. The molecule has 0 aromatic heterocycles. The number of likely N-dealkylation sites (tertiary alicyclic amines) is 1. The molecule has 0 aromatic carbocycles. The fourth-order valence-corrected chi connectivity index (χ4v) is 3.30. The van der Waals surface area contributed by atoms with Gasteiger partial charge in [-0.2, -0.15) is 5.26 Å². The topological polar surface area (TPSA) is 64.3 Å². The second kappa shape index (κ2) is 4.42. The Morgan fingerprint density at radius 1 is 1.50 bits per heavy atom. The van der Waals surface area contributed by atoms with Gasteiger partial charge in [-0.1, -0.05) is 12.8 Å². The van der Waals surface area contributed by atoms with Crippen LogP contribution >= 0.6 is 0 Å². The van der Waals surface area contributed by atoms with Crippen molar-refractivity contribution in [2.24, 2.45) is 11.3 Å². The Kier molecular flexibility index (Phi) is 3.15. The van der Waals surface area contributed by atoms with Crippen molar-refractivity contribution in [2.75, 3.05) is 19.7 Å². The molecule has 2 fully saturated rings. The molecule has 2 aliphatic rings. The summed E-state index contributed by atoms with van der Waals surface area (Å²) in [6.45, 7) is 1.55. The molecule has 0 aromatic rings. The lowest BCUT2D eigenvalue weighted by atomic mass is 9.77. The highest BCUT2D eigenvalue weighted by molar-refractivity contribution is 5.78. The van der Waals surface area contributed by atoms with Crippen molar-refractivity contribution >= 4 is 5.91 Å². The Balaban J connectivity index is 2.07. The van der Waals surface area contributed by atoms with Crippen molar-refractivity contribution in [1.29, 1.82) is 5.26 Å². The number of amides is 1. The van der Waals surface area contributed by atoms with Crippen molar-refractivity contribution in [3.05, 3.63) is 0 Å². The van der Waals surface area contributed by atoms with E-state index in [0.717, 1.165) is 19.4 Å². The zero-order chi connectivity index (χ0) is 11.6. The van der Waals surface area contributed by atoms with Crippen LogP contribution in [0, 0.1) is 22.7 Å². The van der Waals surface area contributed by atoms with Crippen LogP contribution in [0.25, 0.3) is 0 Å². The van der Waals surface area contributed by atoms with Crippen molar-refractivity contribution in [1.82, 2.24) is 4.90 Å². The van der Waals surface area contributed by atoms with Gasteiger partial charge >= 0.3 is 0 Å². The van der Waals surface area contributed by atoms with E-state index in [9.17, 15) is 9.90 Å². The second-order valence-corrected chi connectivity index (χ2v) is 5.06. The first-order chi connectivity index (χ1) is 7.72. The first-order valence-corrected chi connectivity index (χ1v) is 5.97. The number of hydrogen-bond acceptors (Lipinski definition) is 3. The number of nitriles is 1. The average Bonchev–Trinajstić information content (AvgIpc) is 2.87. The minimum Gasteiger partial charge on any atom is -0.396 e. The molecule has 88 valence electrons. The summed E-state index contributed by atoms with van der Waals surface area (Å²) in [4.78, 5) is 13.4. The van der Waals surface area contributed by atoms with Crippen molar-refractivity contribution < 1.29 is 9.90 Å².